The molecule has 0 heterocycles. The van der Waals surface area contributed by atoms with Crippen molar-refractivity contribution in [2.75, 3.05) is 0 Å². The fraction of sp³-hybridized carbons (Fsp3) is 0.562. The van der Waals surface area contributed by atoms with Gasteiger partial charge in [-0.3, -0.25) is 9.59 Å². The summed E-state index contributed by atoms with van der Waals surface area (Å²) in [7, 11) is 0. The molecule has 2 aliphatic carbocycles. The molecule has 0 aromatic rings. The second kappa shape index (κ2) is 5.84. The van der Waals surface area contributed by atoms with Crippen LogP contribution in [0.5, 0.6) is 0 Å². The number of ketones is 1. The van der Waals surface area contributed by atoms with Crippen molar-refractivity contribution in [3.8, 4) is 0 Å². The molecule has 2 aliphatic rings. The topological polar surface area (TPSA) is 91.7 Å². The van der Waals surface area contributed by atoms with Gasteiger partial charge in [-0.1, -0.05) is 37.5 Å². The summed E-state index contributed by atoms with van der Waals surface area (Å²) in [6.45, 7) is 1.42. The predicted octanol–water partition coefficient (Wildman–Crippen LogP) is 2.42. The van der Waals surface area contributed by atoms with E-state index in [0.29, 0.717) is 0 Å². The van der Waals surface area contributed by atoms with Gasteiger partial charge in [0.25, 0.3) is 0 Å². The molecule has 21 heavy (non-hydrogen) atoms. The largest absolute Gasteiger partial charge is 0.481 e. The molecule has 1 saturated carbocycles. The van der Waals surface area contributed by atoms with E-state index < -0.39 is 23.3 Å². The molecule has 0 aromatic carbocycles. The lowest BCUT2D eigenvalue weighted by Gasteiger charge is -2.35. The van der Waals surface area contributed by atoms with Crippen molar-refractivity contribution in [3.05, 3.63) is 23.8 Å². The third-order valence-electron chi connectivity index (χ3n) is 4.63. The third kappa shape index (κ3) is 2.77. The molecule has 5 nitrogen and oxygen atoms in total. The molecule has 2 rings (SSSR count). The third-order valence-corrected chi connectivity index (χ3v) is 4.63. The highest BCUT2D eigenvalue weighted by Gasteiger charge is 2.49. The Hall–Kier alpha value is -1.91. The lowest BCUT2D eigenvalue weighted by atomic mass is 9.65. The van der Waals surface area contributed by atoms with E-state index in [1.165, 1.54) is 25.2 Å². The predicted molar refractivity (Wildman–Crippen MR) is 75.7 cm³/mol. The van der Waals surface area contributed by atoms with Crippen LogP contribution in [-0.4, -0.2) is 27.9 Å². The second-order valence-corrected chi connectivity index (χ2v) is 6.04. The van der Waals surface area contributed by atoms with Crippen LogP contribution < -0.4 is 0 Å². The Morgan fingerprint density at radius 3 is 2.29 bits per heavy atom. The number of aliphatic carboxylic acids is 2. The second-order valence-electron chi connectivity index (χ2n) is 6.04. The van der Waals surface area contributed by atoms with Crippen LogP contribution in [0.4, 0.5) is 0 Å². The number of carbonyl (C=O) groups excluding carboxylic acids is 1. The number of rotatable bonds is 4. The van der Waals surface area contributed by atoms with E-state index in [-0.39, 0.29) is 17.3 Å². The first-order chi connectivity index (χ1) is 9.88. The van der Waals surface area contributed by atoms with Gasteiger partial charge in [-0.05, 0) is 19.8 Å². The summed E-state index contributed by atoms with van der Waals surface area (Å²) in [5, 5.41) is 18.8. The molecule has 114 valence electrons. The van der Waals surface area contributed by atoms with E-state index in [4.69, 9.17) is 0 Å². The first kappa shape index (κ1) is 15.5. The number of allylic oxidation sites excluding steroid dienone is 2. The molecule has 2 N–H and O–H groups in total. The van der Waals surface area contributed by atoms with Crippen LogP contribution in [0, 0.1) is 17.3 Å². The number of Topliss-reactive ketones (excluding diaryl/α,β-unsaturated/α-hetero) is 1. The van der Waals surface area contributed by atoms with Crippen molar-refractivity contribution in [2.45, 2.75) is 39.0 Å². The molecule has 0 radical (unpaired) electrons. The molecule has 0 spiro atoms. The van der Waals surface area contributed by atoms with E-state index in [0.717, 1.165) is 32.1 Å². The zero-order chi connectivity index (χ0) is 15.6. The standard InChI is InChI=1S/C16H20O5/c1-16(15(20)21)9-5-8-11(14(18)19)12(16)13(17)10-6-3-2-4-7-10/h5,8-10,12H,2-4,6-7H2,1H3,(H,18,19)(H,20,21). The van der Waals surface area contributed by atoms with Crippen molar-refractivity contribution in [1.82, 2.24) is 0 Å². The normalized spacial score (nSPS) is 29.8. The maximum absolute atomic E-state index is 12.8. The summed E-state index contributed by atoms with van der Waals surface area (Å²) < 4.78 is 0. The lowest BCUT2D eigenvalue weighted by Crippen LogP contribution is -2.45. The molecule has 2 unspecified atom stereocenters. The highest BCUT2D eigenvalue weighted by atomic mass is 16.4. The summed E-state index contributed by atoms with van der Waals surface area (Å²) in [5.74, 6) is -3.96. The quantitative estimate of drug-likeness (QED) is 0.830. The number of carbonyl (C=O) groups is 3. The van der Waals surface area contributed by atoms with Crippen molar-refractivity contribution in [1.29, 1.82) is 0 Å². The number of hydrogen-bond acceptors (Lipinski definition) is 3. The zero-order valence-electron chi connectivity index (χ0n) is 12.0. The van der Waals surface area contributed by atoms with Gasteiger partial charge in [0.2, 0.25) is 0 Å². The number of carboxylic acids is 2. The highest BCUT2D eigenvalue weighted by molar-refractivity contribution is 6.02. The van der Waals surface area contributed by atoms with Crippen molar-refractivity contribution < 1.29 is 24.6 Å². The van der Waals surface area contributed by atoms with E-state index >= 15 is 0 Å². The summed E-state index contributed by atoms with van der Waals surface area (Å²) in [4.78, 5) is 35.8. The van der Waals surface area contributed by atoms with Crippen LogP contribution in [0.15, 0.2) is 23.8 Å². The van der Waals surface area contributed by atoms with Crippen molar-refractivity contribution >= 4 is 17.7 Å². The number of carboxylic acid groups (broad SMARTS) is 2. The molecule has 5 heteroatoms. The Morgan fingerprint density at radius 1 is 1.14 bits per heavy atom. The van der Waals surface area contributed by atoms with Gasteiger partial charge in [0.05, 0.1) is 11.3 Å². The summed E-state index contributed by atoms with van der Waals surface area (Å²) in [5.41, 5.74) is -1.60. The summed E-state index contributed by atoms with van der Waals surface area (Å²) in [6, 6.07) is 0. The van der Waals surface area contributed by atoms with Crippen LogP contribution in [0.3, 0.4) is 0 Å². The maximum atomic E-state index is 12.8. The average Bonchev–Trinajstić information content (AvgIpc) is 2.47. The minimum atomic E-state index is -1.49. The van der Waals surface area contributed by atoms with Gasteiger partial charge in [-0.15, -0.1) is 0 Å². The molecule has 1 fully saturated rings. The van der Waals surface area contributed by atoms with Gasteiger partial charge >= 0.3 is 11.9 Å². The van der Waals surface area contributed by atoms with Gasteiger partial charge in [0.15, 0.2) is 0 Å². The van der Waals surface area contributed by atoms with Gasteiger partial charge in [0.1, 0.15) is 5.78 Å². The Morgan fingerprint density at radius 2 is 1.76 bits per heavy atom. The van der Waals surface area contributed by atoms with E-state index in [1.807, 2.05) is 0 Å². The first-order valence-corrected chi connectivity index (χ1v) is 7.27. The Kier molecular flexibility index (Phi) is 4.30. The number of hydrogen-bond donors (Lipinski definition) is 2. The fourth-order valence-corrected chi connectivity index (χ4v) is 3.33. The Balaban J connectivity index is 2.39. The van der Waals surface area contributed by atoms with Crippen LogP contribution in [0.1, 0.15) is 39.0 Å². The van der Waals surface area contributed by atoms with Crippen LogP contribution in [0.2, 0.25) is 0 Å². The molecule has 0 saturated heterocycles. The van der Waals surface area contributed by atoms with Gasteiger partial charge in [-0.25, -0.2) is 4.79 Å². The molecule has 0 aromatic heterocycles. The Labute approximate surface area is 123 Å². The van der Waals surface area contributed by atoms with E-state index in [9.17, 15) is 24.6 Å². The highest BCUT2D eigenvalue weighted by Crippen LogP contribution is 2.42. The molecule has 0 bridgehead atoms. The van der Waals surface area contributed by atoms with E-state index in [2.05, 4.69) is 0 Å². The Bertz CT molecular complexity index is 525. The van der Waals surface area contributed by atoms with Crippen LogP contribution in [0.25, 0.3) is 0 Å². The molecule has 2 atom stereocenters. The molecule has 0 amide bonds. The van der Waals surface area contributed by atoms with Crippen LogP contribution >= 0.6 is 0 Å². The lowest BCUT2D eigenvalue weighted by molar-refractivity contribution is -0.152. The van der Waals surface area contributed by atoms with E-state index in [1.54, 1.807) is 0 Å². The average molecular weight is 292 g/mol. The molecule has 0 aliphatic heterocycles. The summed E-state index contributed by atoms with van der Waals surface area (Å²) >= 11 is 0. The van der Waals surface area contributed by atoms with Gasteiger partial charge < -0.3 is 10.2 Å². The minimum absolute atomic E-state index is 0.113. The molecular formula is C16H20O5. The monoisotopic (exact) mass is 292 g/mol. The summed E-state index contributed by atoms with van der Waals surface area (Å²) in [6.07, 6.45) is 8.59. The zero-order valence-corrected chi connectivity index (χ0v) is 12.0. The maximum Gasteiger partial charge on any atom is 0.332 e. The van der Waals surface area contributed by atoms with Gasteiger partial charge in [-0.2, -0.15) is 0 Å². The molecular weight excluding hydrogens is 272 g/mol. The van der Waals surface area contributed by atoms with Gasteiger partial charge in [0, 0.05) is 11.5 Å². The fourth-order valence-electron chi connectivity index (χ4n) is 3.33. The van der Waals surface area contributed by atoms with Crippen molar-refractivity contribution in [3.63, 3.8) is 0 Å². The first-order valence-electron chi connectivity index (χ1n) is 7.27. The SMILES string of the molecule is CC1(C(=O)O)C=CC=C(C(=O)O)C1C(=O)C1CCCCC1. The minimum Gasteiger partial charge on any atom is -0.481 e. The van der Waals surface area contributed by atoms with Crippen molar-refractivity contribution in [2.24, 2.45) is 17.3 Å². The van der Waals surface area contributed by atoms with Crippen LogP contribution in [-0.2, 0) is 14.4 Å². The smallest absolute Gasteiger partial charge is 0.332 e.